The molecule has 3 heterocycles. The summed E-state index contributed by atoms with van der Waals surface area (Å²) in [4.78, 5) is 29.0. The molecule has 0 radical (unpaired) electrons. The molecule has 2 saturated heterocycles. The molecule has 28 heavy (non-hydrogen) atoms. The van der Waals surface area contributed by atoms with Crippen LogP contribution in [-0.2, 0) is 9.53 Å². The van der Waals surface area contributed by atoms with E-state index in [9.17, 15) is 4.79 Å². The Labute approximate surface area is 165 Å². The monoisotopic (exact) mass is 384 g/mol. The van der Waals surface area contributed by atoms with Crippen LogP contribution >= 0.6 is 0 Å². The van der Waals surface area contributed by atoms with E-state index < -0.39 is 0 Å². The predicted molar refractivity (Wildman–Crippen MR) is 110 cm³/mol. The lowest BCUT2D eigenvalue weighted by Gasteiger charge is -2.39. The van der Waals surface area contributed by atoms with Gasteiger partial charge in [0.15, 0.2) is 0 Å². The summed E-state index contributed by atoms with van der Waals surface area (Å²) in [6.45, 7) is 5.67. The predicted octanol–water partition coefficient (Wildman–Crippen LogP) is 0.675. The maximum atomic E-state index is 11.6. The van der Waals surface area contributed by atoms with Crippen molar-refractivity contribution in [2.45, 2.75) is 6.10 Å². The second-order valence-corrected chi connectivity index (χ2v) is 7.79. The standard InChI is InChI=1S/C20H28N6O2/c1-23(2)20-17-10-15(4-5-18(17)21-14-22-20)26-8-6-25(7-9-26)12-16-11-24(3)19(27)13-28-16/h4-5,10,14,16H,6-9,11-13H2,1-3H3. The second kappa shape index (κ2) is 7.89. The number of carbonyl (C=O) groups is 1. The van der Waals surface area contributed by atoms with E-state index >= 15 is 0 Å². The summed E-state index contributed by atoms with van der Waals surface area (Å²) in [5, 5.41) is 1.08. The van der Waals surface area contributed by atoms with Gasteiger partial charge in [0.25, 0.3) is 0 Å². The van der Waals surface area contributed by atoms with Crippen molar-refractivity contribution >= 4 is 28.3 Å². The van der Waals surface area contributed by atoms with Crippen LogP contribution in [0.25, 0.3) is 10.9 Å². The maximum Gasteiger partial charge on any atom is 0.248 e. The van der Waals surface area contributed by atoms with Gasteiger partial charge in [-0.1, -0.05) is 0 Å². The average Bonchev–Trinajstić information content (AvgIpc) is 2.70. The fraction of sp³-hybridized carbons (Fsp3) is 0.550. The first-order valence-electron chi connectivity index (χ1n) is 9.76. The Kier molecular flexibility index (Phi) is 5.32. The van der Waals surface area contributed by atoms with Gasteiger partial charge in [0.2, 0.25) is 5.91 Å². The summed E-state index contributed by atoms with van der Waals surface area (Å²) >= 11 is 0. The number of amides is 1. The lowest BCUT2D eigenvalue weighted by molar-refractivity contribution is -0.147. The van der Waals surface area contributed by atoms with Gasteiger partial charge in [-0.15, -0.1) is 0 Å². The molecule has 2 aliphatic rings. The van der Waals surface area contributed by atoms with Crippen LogP contribution in [0.3, 0.4) is 0 Å². The molecule has 0 saturated carbocycles. The third kappa shape index (κ3) is 3.88. The molecular formula is C20H28N6O2. The molecule has 2 aromatic rings. The Morgan fingerprint density at radius 3 is 2.68 bits per heavy atom. The van der Waals surface area contributed by atoms with Crippen molar-refractivity contribution in [3.8, 4) is 0 Å². The Bertz CT molecular complexity index is 850. The number of piperazine rings is 1. The number of morpholine rings is 1. The van der Waals surface area contributed by atoms with Crippen molar-refractivity contribution in [3.05, 3.63) is 24.5 Å². The molecule has 1 atom stereocenters. The van der Waals surface area contributed by atoms with Gasteiger partial charge in [-0.2, -0.15) is 0 Å². The largest absolute Gasteiger partial charge is 0.369 e. The first kappa shape index (κ1) is 18.9. The van der Waals surface area contributed by atoms with E-state index in [1.165, 1.54) is 5.69 Å². The van der Waals surface area contributed by atoms with E-state index in [4.69, 9.17) is 4.74 Å². The van der Waals surface area contributed by atoms with Crippen LogP contribution in [0, 0.1) is 0 Å². The molecule has 8 heteroatoms. The highest BCUT2D eigenvalue weighted by Gasteiger charge is 2.27. The average molecular weight is 384 g/mol. The van der Waals surface area contributed by atoms with Gasteiger partial charge in [-0.05, 0) is 18.2 Å². The number of ether oxygens (including phenoxy) is 1. The second-order valence-electron chi connectivity index (χ2n) is 7.79. The molecule has 4 rings (SSSR count). The number of carbonyl (C=O) groups excluding carboxylic acids is 1. The summed E-state index contributed by atoms with van der Waals surface area (Å²) in [5.41, 5.74) is 2.18. The SMILES string of the molecule is CN1CC(CN2CCN(c3ccc4ncnc(N(C)C)c4c3)CC2)OCC1=O. The van der Waals surface area contributed by atoms with Crippen molar-refractivity contribution < 1.29 is 9.53 Å². The highest BCUT2D eigenvalue weighted by molar-refractivity contribution is 5.91. The van der Waals surface area contributed by atoms with E-state index in [-0.39, 0.29) is 18.6 Å². The van der Waals surface area contributed by atoms with Gasteiger partial charge in [-0.25, -0.2) is 9.97 Å². The lowest BCUT2D eigenvalue weighted by atomic mass is 10.1. The van der Waals surface area contributed by atoms with Crippen LogP contribution in [0.15, 0.2) is 24.5 Å². The minimum Gasteiger partial charge on any atom is -0.369 e. The van der Waals surface area contributed by atoms with E-state index in [1.54, 1.807) is 11.2 Å². The van der Waals surface area contributed by atoms with Crippen molar-refractivity contribution in [1.29, 1.82) is 0 Å². The van der Waals surface area contributed by atoms with Gasteiger partial charge < -0.3 is 19.4 Å². The van der Waals surface area contributed by atoms with E-state index in [0.29, 0.717) is 6.54 Å². The number of nitrogens with zero attached hydrogens (tertiary/aromatic N) is 6. The molecule has 1 aromatic heterocycles. The Morgan fingerprint density at radius 2 is 1.96 bits per heavy atom. The Balaban J connectivity index is 1.40. The molecule has 0 aliphatic carbocycles. The normalized spacial score (nSPS) is 21.4. The molecule has 8 nitrogen and oxygen atoms in total. The van der Waals surface area contributed by atoms with Crippen LogP contribution in [0.2, 0.25) is 0 Å². The van der Waals surface area contributed by atoms with Crippen LogP contribution in [0.1, 0.15) is 0 Å². The molecule has 1 unspecified atom stereocenters. The first-order chi connectivity index (χ1) is 13.5. The van der Waals surface area contributed by atoms with Crippen molar-refractivity contribution in [2.75, 3.05) is 76.8 Å². The summed E-state index contributed by atoms with van der Waals surface area (Å²) in [5.74, 6) is 1.01. The zero-order valence-electron chi connectivity index (χ0n) is 16.8. The maximum absolute atomic E-state index is 11.6. The number of fused-ring (bicyclic) bond motifs is 1. The van der Waals surface area contributed by atoms with Crippen molar-refractivity contribution in [2.24, 2.45) is 0 Å². The number of likely N-dealkylation sites (N-methyl/N-ethyl adjacent to an activating group) is 1. The van der Waals surface area contributed by atoms with Crippen LogP contribution in [0.5, 0.6) is 0 Å². The topological polar surface area (TPSA) is 65.0 Å². The zero-order chi connectivity index (χ0) is 19.7. The highest BCUT2D eigenvalue weighted by atomic mass is 16.5. The number of hydrogen-bond acceptors (Lipinski definition) is 7. The molecule has 2 aliphatic heterocycles. The van der Waals surface area contributed by atoms with Crippen molar-refractivity contribution in [3.63, 3.8) is 0 Å². The number of aromatic nitrogens is 2. The smallest absolute Gasteiger partial charge is 0.248 e. The molecular weight excluding hydrogens is 356 g/mol. The fourth-order valence-electron chi connectivity index (χ4n) is 3.93. The quantitative estimate of drug-likeness (QED) is 0.768. The van der Waals surface area contributed by atoms with Gasteiger partial charge in [0.1, 0.15) is 18.8 Å². The molecule has 150 valence electrons. The Morgan fingerprint density at radius 1 is 1.18 bits per heavy atom. The Hall–Kier alpha value is -2.45. The summed E-state index contributed by atoms with van der Waals surface area (Å²) < 4.78 is 5.69. The van der Waals surface area contributed by atoms with Crippen LogP contribution < -0.4 is 9.80 Å². The van der Waals surface area contributed by atoms with Gasteiger partial charge in [-0.3, -0.25) is 9.69 Å². The van der Waals surface area contributed by atoms with E-state index in [2.05, 4.69) is 38.0 Å². The van der Waals surface area contributed by atoms with Crippen LogP contribution in [-0.4, -0.2) is 98.8 Å². The first-order valence-corrected chi connectivity index (χ1v) is 9.76. The van der Waals surface area contributed by atoms with Gasteiger partial charge >= 0.3 is 0 Å². The number of anilines is 2. The number of benzene rings is 1. The zero-order valence-corrected chi connectivity index (χ0v) is 16.8. The third-order valence-corrected chi connectivity index (χ3v) is 5.57. The molecule has 1 aromatic carbocycles. The molecule has 1 amide bonds. The molecule has 0 N–H and O–H groups in total. The molecule has 2 fully saturated rings. The third-order valence-electron chi connectivity index (χ3n) is 5.57. The summed E-state index contributed by atoms with van der Waals surface area (Å²) in [6.07, 6.45) is 1.73. The highest BCUT2D eigenvalue weighted by Crippen LogP contribution is 2.27. The van der Waals surface area contributed by atoms with Gasteiger partial charge in [0.05, 0.1) is 11.6 Å². The molecule has 0 bridgehead atoms. The van der Waals surface area contributed by atoms with Crippen molar-refractivity contribution in [1.82, 2.24) is 19.8 Å². The van der Waals surface area contributed by atoms with E-state index in [1.807, 2.05) is 26.0 Å². The number of rotatable bonds is 4. The minimum atomic E-state index is 0.0680. The summed E-state index contributed by atoms with van der Waals surface area (Å²) in [7, 11) is 5.86. The minimum absolute atomic E-state index is 0.0680. The van der Waals surface area contributed by atoms with E-state index in [0.717, 1.165) is 49.4 Å². The fourth-order valence-corrected chi connectivity index (χ4v) is 3.93. The number of hydrogen-bond donors (Lipinski definition) is 0. The molecule has 0 spiro atoms. The lowest BCUT2D eigenvalue weighted by Crippen LogP contribution is -2.53. The summed E-state index contributed by atoms with van der Waals surface area (Å²) in [6, 6.07) is 6.43. The van der Waals surface area contributed by atoms with Gasteiger partial charge in [0, 0.05) is 71.5 Å². The van der Waals surface area contributed by atoms with Crippen LogP contribution in [0.4, 0.5) is 11.5 Å².